The van der Waals surface area contributed by atoms with Gasteiger partial charge in [0.1, 0.15) is 0 Å². The molecule has 2 rings (SSSR count). The molecule has 4 heteroatoms. The molecule has 2 atom stereocenters. The zero-order chi connectivity index (χ0) is 14.5. The van der Waals surface area contributed by atoms with Crippen LogP contribution in [0.25, 0.3) is 0 Å². The summed E-state index contributed by atoms with van der Waals surface area (Å²) in [6.07, 6.45) is 2.91. The Morgan fingerprint density at radius 2 is 2.05 bits per heavy atom. The van der Waals surface area contributed by atoms with Gasteiger partial charge in [-0.05, 0) is 31.7 Å². The smallest absolute Gasteiger partial charge is 0.307 e. The van der Waals surface area contributed by atoms with Crippen molar-refractivity contribution in [2.45, 2.75) is 32.6 Å². The molecular weight excluding hydrogens is 254 g/mol. The molecule has 1 fully saturated rings. The standard InChI is InChI=1S/C16H21NO3/c1-11-4-2-5-12(10-11)8-9-17-15(18)13-6-3-7-14(13)16(19)20/h2,4-5,10,13-14H,3,6-9H2,1H3,(H,17,18)(H,19,20)/t13-,14+/m1/s1. The van der Waals surface area contributed by atoms with Gasteiger partial charge in [0.2, 0.25) is 5.91 Å². The number of aliphatic carboxylic acids is 1. The summed E-state index contributed by atoms with van der Waals surface area (Å²) in [4.78, 5) is 23.1. The number of carbonyl (C=O) groups is 2. The third-order valence-electron chi connectivity index (χ3n) is 3.97. The second kappa shape index (κ2) is 6.55. The molecule has 1 aromatic carbocycles. The van der Waals surface area contributed by atoms with Crippen molar-refractivity contribution in [3.05, 3.63) is 35.4 Å². The number of nitrogens with one attached hydrogen (secondary N) is 1. The highest BCUT2D eigenvalue weighted by atomic mass is 16.4. The number of rotatable bonds is 5. The van der Waals surface area contributed by atoms with Crippen molar-refractivity contribution in [2.24, 2.45) is 11.8 Å². The maximum absolute atomic E-state index is 12.0. The topological polar surface area (TPSA) is 66.4 Å². The van der Waals surface area contributed by atoms with Crippen LogP contribution in [0.1, 0.15) is 30.4 Å². The van der Waals surface area contributed by atoms with Gasteiger partial charge in [-0.3, -0.25) is 9.59 Å². The van der Waals surface area contributed by atoms with E-state index in [1.807, 2.05) is 25.1 Å². The summed E-state index contributed by atoms with van der Waals surface area (Å²) in [5, 5.41) is 12.0. The molecule has 1 aliphatic carbocycles. The zero-order valence-corrected chi connectivity index (χ0v) is 11.8. The molecular formula is C16H21NO3. The van der Waals surface area contributed by atoms with Crippen molar-refractivity contribution in [3.8, 4) is 0 Å². The van der Waals surface area contributed by atoms with Crippen molar-refractivity contribution in [2.75, 3.05) is 6.54 Å². The lowest BCUT2D eigenvalue weighted by Gasteiger charge is -2.15. The van der Waals surface area contributed by atoms with E-state index in [0.717, 1.165) is 12.8 Å². The Balaban J connectivity index is 1.82. The van der Waals surface area contributed by atoms with E-state index in [1.54, 1.807) is 0 Å². The third-order valence-corrected chi connectivity index (χ3v) is 3.97. The van der Waals surface area contributed by atoms with Gasteiger partial charge in [-0.25, -0.2) is 0 Å². The second-order valence-corrected chi connectivity index (χ2v) is 5.51. The summed E-state index contributed by atoms with van der Waals surface area (Å²) >= 11 is 0. The third kappa shape index (κ3) is 3.59. The predicted octanol–water partition coefficient (Wildman–Crippen LogP) is 2.15. The number of hydrogen-bond acceptors (Lipinski definition) is 2. The molecule has 1 amide bonds. The maximum atomic E-state index is 12.0. The Kier molecular flexibility index (Phi) is 4.77. The lowest BCUT2D eigenvalue weighted by atomic mass is 9.95. The van der Waals surface area contributed by atoms with Crippen LogP contribution in [0.3, 0.4) is 0 Å². The van der Waals surface area contributed by atoms with Crippen LogP contribution in [0.2, 0.25) is 0 Å². The molecule has 0 heterocycles. The van der Waals surface area contributed by atoms with Crippen molar-refractivity contribution in [1.82, 2.24) is 5.32 Å². The molecule has 1 aliphatic rings. The van der Waals surface area contributed by atoms with Crippen LogP contribution in [0.15, 0.2) is 24.3 Å². The average molecular weight is 275 g/mol. The fraction of sp³-hybridized carbons (Fsp3) is 0.500. The fourth-order valence-corrected chi connectivity index (χ4v) is 2.90. The number of carboxylic acid groups (broad SMARTS) is 1. The SMILES string of the molecule is Cc1cccc(CCNC(=O)[C@@H]2CCC[C@@H]2C(=O)O)c1. The maximum Gasteiger partial charge on any atom is 0.307 e. The number of carboxylic acids is 1. The van der Waals surface area contributed by atoms with E-state index >= 15 is 0 Å². The van der Waals surface area contributed by atoms with Gasteiger partial charge in [0.15, 0.2) is 0 Å². The van der Waals surface area contributed by atoms with Gasteiger partial charge in [-0.2, -0.15) is 0 Å². The first kappa shape index (κ1) is 14.6. The van der Waals surface area contributed by atoms with Crippen molar-refractivity contribution < 1.29 is 14.7 Å². The molecule has 0 bridgehead atoms. The molecule has 0 aliphatic heterocycles. The molecule has 0 saturated heterocycles. The monoisotopic (exact) mass is 275 g/mol. The molecule has 0 radical (unpaired) electrons. The summed E-state index contributed by atoms with van der Waals surface area (Å²) in [7, 11) is 0. The van der Waals surface area contributed by atoms with Crippen molar-refractivity contribution in [3.63, 3.8) is 0 Å². The number of carbonyl (C=O) groups excluding carboxylic acids is 1. The number of benzene rings is 1. The molecule has 0 aromatic heterocycles. The van der Waals surface area contributed by atoms with Crippen LogP contribution in [-0.2, 0) is 16.0 Å². The average Bonchev–Trinajstić information content (AvgIpc) is 2.88. The van der Waals surface area contributed by atoms with Crippen LogP contribution in [0.4, 0.5) is 0 Å². The Hall–Kier alpha value is -1.84. The van der Waals surface area contributed by atoms with E-state index in [4.69, 9.17) is 5.11 Å². The molecule has 1 saturated carbocycles. The highest BCUT2D eigenvalue weighted by molar-refractivity contribution is 5.85. The largest absolute Gasteiger partial charge is 0.481 e. The van der Waals surface area contributed by atoms with Gasteiger partial charge < -0.3 is 10.4 Å². The first-order valence-corrected chi connectivity index (χ1v) is 7.14. The molecule has 2 N–H and O–H groups in total. The minimum atomic E-state index is -0.846. The Morgan fingerprint density at radius 3 is 2.75 bits per heavy atom. The van der Waals surface area contributed by atoms with Crippen molar-refractivity contribution >= 4 is 11.9 Å². The summed E-state index contributed by atoms with van der Waals surface area (Å²) in [6.45, 7) is 2.60. The fourth-order valence-electron chi connectivity index (χ4n) is 2.90. The van der Waals surface area contributed by atoms with Crippen LogP contribution in [0, 0.1) is 18.8 Å². The Labute approximate surface area is 119 Å². The zero-order valence-electron chi connectivity index (χ0n) is 11.8. The molecule has 108 valence electrons. The molecule has 0 spiro atoms. The van der Waals surface area contributed by atoms with E-state index in [2.05, 4.69) is 11.4 Å². The summed E-state index contributed by atoms with van der Waals surface area (Å²) < 4.78 is 0. The minimum absolute atomic E-state index is 0.109. The minimum Gasteiger partial charge on any atom is -0.481 e. The summed E-state index contributed by atoms with van der Waals surface area (Å²) in [5.74, 6) is -1.82. The Morgan fingerprint density at radius 1 is 1.30 bits per heavy atom. The number of aryl methyl sites for hydroxylation is 1. The Bertz CT molecular complexity index is 498. The van der Waals surface area contributed by atoms with E-state index in [9.17, 15) is 9.59 Å². The lowest BCUT2D eigenvalue weighted by Crippen LogP contribution is -2.36. The van der Waals surface area contributed by atoms with Crippen LogP contribution in [-0.4, -0.2) is 23.5 Å². The van der Waals surface area contributed by atoms with Gasteiger partial charge in [-0.1, -0.05) is 36.2 Å². The highest BCUT2D eigenvalue weighted by Crippen LogP contribution is 2.31. The van der Waals surface area contributed by atoms with E-state index < -0.39 is 11.9 Å². The van der Waals surface area contributed by atoms with E-state index in [1.165, 1.54) is 11.1 Å². The van der Waals surface area contributed by atoms with Gasteiger partial charge in [-0.15, -0.1) is 0 Å². The van der Waals surface area contributed by atoms with E-state index in [-0.39, 0.29) is 11.8 Å². The van der Waals surface area contributed by atoms with Gasteiger partial charge in [0.25, 0.3) is 0 Å². The lowest BCUT2D eigenvalue weighted by molar-refractivity contribution is -0.146. The normalized spacial score (nSPS) is 21.6. The van der Waals surface area contributed by atoms with Gasteiger partial charge in [0.05, 0.1) is 11.8 Å². The second-order valence-electron chi connectivity index (χ2n) is 5.51. The highest BCUT2D eigenvalue weighted by Gasteiger charge is 2.37. The first-order valence-electron chi connectivity index (χ1n) is 7.14. The van der Waals surface area contributed by atoms with Crippen LogP contribution < -0.4 is 5.32 Å². The van der Waals surface area contributed by atoms with E-state index in [0.29, 0.717) is 19.4 Å². The summed E-state index contributed by atoms with van der Waals surface area (Å²) in [5.41, 5.74) is 2.39. The number of hydrogen-bond donors (Lipinski definition) is 2. The van der Waals surface area contributed by atoms with Gasteiger partial charge in [0, 0.05) is 6.54 Å². The molecule has 0 unspecified atom stereocenters. The van der Waals surface area contributed by atoms with Crippen LogP contribution in [0.5, 0.6) is 0 Å². The van der Waals surface area contributed by atoms with Crippen LogP contribution >= 0.6 is 0 Å². The predicted molar refractivity (Wildman–Crippen MR) is 76.4 cm³/mol. The van der Waals surface area contributed by atoms with Crippen molar-refractivity contribution in [1.29, 1.82) is 0 Å². The number of amides is 1. The molecule has 4 nitrogen and oxygen atoms in total. The molecule has 1 aromatic rings. The van der Waals surface area contributed by atoms with Gasteiger partial charge >= 0.3 is 5.97 Å². The first-order chi connectivity index (χ1) is 9.58. The molecule has 20 heavy (non-hydrogen) atoms. The summed E-state index contributed by atoms with van der Waals surface area (Å²) in [6, 6.07) is 8.18. The quantitative estimate of drug-likeness (QED) is 0.865.